The van der Waals surface area contributed by atoms with E-state index >= 15 is 0 Å². The van der Waals surface area contributed by atoms with Crippen LogP contribution in [0.25, 0.3) is 0 Å². The Morgan fingerprint density at radius 2 is 1.83 bits per heavy atom. The highest BCUT2D eigenvalue weighted by Gasteiger charge is 2.14. The van der Waals surface area contributed by atoms with Crippen LogP contribution in [0.2, 0.25) is 0 Å². The summed E-state index contributed by atoms with van der Waals surface area (Å²) < 4.78 is 0. The number of rotatable bonds is 6. The van der Waals surface area contributed by atoms with E-state index in [1.807, 2.05) is 50.2 Å². The fourth-order valence-electron chi connectivity index (χ4n) is 2.76. The second kappa shape index (κ2) is 7.46. The van der Waals surface area contributed by atoms with Crippen LogP contribution in [0, 0.1) is 25.2 Å². The number of hydrogen-bond donors (Lipinski definition) is 1. The maximum atomic E-state index is 11.0. The van der Waals surface area contributed by atoms with Gasteiger partial charge in [-0.1, -0.05) is 30.3 Å². The van der Waals surface area contributed by atoms with E-state index in [0.29, 0.717) is 18.7 Å². The van der Waals surface area contributed by atoms with Crippen LogP contribution in [0.3, 0.4) is 0 Å². The molecule has 1 N–H and O–H groups in total. The number of benzene rings is 2. The number of nitriles is 1. The predicted molar refractivity (Wildman–Crippen MR) is 90.4 cm³/mol. The molecule has 0 radical (unpaired) electrons. The van der Waals surface area contributed by atoms with Gasteiger partial charge in [0.25, 0.3) is 0 Å². The fraction of sp³-hybridized carbons (Fsp3) is 0.263. The molecule has 0 unspecified atom stereocenters. The smallest absolute Gasteiger partial charge is 0.305 e. The summed E-state index contributed by atoms with van der Waals surface area (Å²) in [6.45, 7) is 5.07. The van der Waals surface area contributed by atoms with Gasteiger partial charge in [0.15, 0.2) is 0 Å². The van der Waals surface area contributed by atoms with Crippen molar-refractivity contribution in [2.45, 2.75) is 26.8 Å². The Bertz CT molecular complexity index is 727. The molecule has 23 heavy (non-hydrogen) atoms. The lowest BCUT2D eigenvalue weighted by Gasteiger charge is -2.28. The van der Waals surface area contributed by atoms with Gasteiger partial charge in [0, 0.05) is 18.8 Å². The highest BCUT2D eigenvalue weighted by molar-refractivity contribution is 5.68. The van der Waals surface area contributed by atoms with Gasteiger partial charge in [-0.25, -0.2) is 0 Å². The number of para-hydroxylation sites is 1. The number of carbonyl (C=O) groups is 1. The van der Waals surface area contributed by atoms with Gasteiger partial charge in [0.2, 0.25) is 0 Å². The van der Waals surface area contributed by atoms with Gasteiger partial charge in [-0.2, -0.15) is 5.26 Å². The van der Waals surface area contributed by atoms with Crippen LogP contribution in [0.1, 0.15) is 28.7 Å². The third-order valence-electron chi connectivity index (χ3n) is 3.78. The van der Waals surface area contributed by atoms with Crippen LogP contribution in [0.5, 0.6) is 0 Å². The van der Waals surface area contributed by atoms with E-state index in [-0.39, 0.29) is 6.42 Å². The molecule has 0 aliphatic rings. The molecule has 0 aromatic heterocycles. The van der Waals surface area contributed by atoms with Crippen molar-refractivity contribution in [3.8, 4) is 6.07 Å². The van der Waals surface area contributed by atoms with Crippen LogP contribution in [-0.2, 0) is 11.3 Å². The minimum Gasteiger partial charge on any atom is -0.481 e. The first kappa shape index (κ1) is 16.6. The summed E-state index contributed by atoms with van der Waals surface area (Å²) >= 11 is 0. The second-order valence-electron chi connectivity index (χ2n) is 5.62. The van der Waals surface area contributed by atoms with Gasteiger partial charge in [0.05, 0.1) is 18.1 Å². The Labute approximate surface area is 136 Å². The topological polar surface area (TPSA) is 64.3 Å². The van der Waals surface area contributed by atoms with E-state index in [1.54, 1.807) is 6.07 Å². The summed E-state index contributed by atoms with van der Waals surface area (Å²) in [6, 6.07) is 15.6. The summed E-state index contributed by atoms with van der Waals surface area (Å²) in [5, 5.41) is 18.1. The van der Waals surface area contributed by atoms with Gasteiger partial charge in [-0.3, -0.25) is 4.79 Å². The Morgan fingerprint density at radius 1 is 1.17 bits per heavy atom. The summed E-state index contributed by atoms with van der Waals surface area (Å²) in [5.41, 5.74) is 4.91. The molecule has 0 spiro atoms. The Kier molecular flexibility index (Phi) is 5.37. The Morgan fingerprint density at radius 3 is 2.43 bits per heavy atom. The molecule has 2 aromatic carbocycles. The number of hydrogen-bond acceptors (Lipinski definition) is 3. The average molecular weight is 308 g/mol. The first-order valence-electron chi connectivity index (χ1n) is 7.53. The highest BCUT2D eigenvalue weighted by Crippen LogP contribution is 2.26. The SMILES string of the molecule is Cc1cccc(C)c1N(CCC(=O)O)Cc1cccc(C#N)c1. The van der Waals surface area contributed by atoms with Crippen molar-refractivity contribution in [1.82, 2.24) is 0 Å². The standard InChI is InChI=1S/C19H20N2O2/c1-14-5-3-6-15(2)19(14)21(10-9-18(22)23)13-17-8-4-7-16(11-17)12-20/h3-8,11H,9-10,13H2,1-2H3,(H,22,23). The first-order valence-corrected chi connectivity index (χ1v) is 7.53. The monoisotopic (exact) mass is 308 g/mol. The molecule has 0 heterocycles. The van der Waals surface area contributed by atoms with E-state index in [0.717, 1.165) is 22.4 Å². The third-order valence-corrected chi connectivity index (χ3v) is 3.78. The van der Waals surface area contributed by atoms with Gasteiger partial charge in [-0.15, -0.1) is 0 Å². The molecule has 0 aliphatic carbocycles. The minimum atomic E-state index is -0.813. The van der Waals surface area contributed by atoms with Crippen LogP contribution in [-0.4, -0.2) is 17.6 Å². The van der Waals surface area contributed by atoms with Crippen LogP contribution in [0.15, 0.2) is 42.5 Å². The number of carboxylic acids is 1. The number of anilines is 1. The summed E-state index contributed by atoms with van der Waals surface area (Å²) in [5.74, 6) is -0.813. The fourth-order valence-corrected chi connectivity index (χ4v) is 2.76. The van der Waals surface area contributed by atoms with Crippen LogP contribution >= 0.6 is 0 Å². The van der Waals surface area contributed by atoms with Crippen molar-refractivity contribution in [2.75, 3.05) is 11.4 Å². The van der Waals surface area contributed by atoms with Crippen molar-refractivity contribution in [3.05, 3.63) is 64.7 Å². The zero-order chi connectivity index (χ0) is 16.8. The normalized spacial score (nSPS) is 10.1. The molecule has 4 heteroatoms. The maximum Gasteiger partial charge on any atom is 0.305 e. The molecule has 2 aromatic rings. The Balaban J connectivity index is 2.34. The zero-order valence-electron chi connectivity index (χ0n) is 13.4. The molecule has 0 aliphatic heterocycles. The lowest BCUT2D eigenvalue weighted by atomic mass is 10.1. The predicted octanol–water partition coefficient (Wildman–Crippen LogP) is 3.66. The lowest BCUT2D eigenvalue weighted by molar-refractivity contribution is -0.136. The quantitative estimate of drug-likeness (QED) is 0.884. The maximum absolute atomic E-state index is 11.0. The number of nitrogens with zero attached hydrogens (tertiary/aromatic N) is 2. The van der Waals surface area contributed by atoms with E-state index in [9.17, 15) is 4.79 Å². The van der Waals surface area contributed by atoms with Gasteiger partial charge < -0.3 is 10.0 Å². The van der Waals surface area contributed by atoms with Crippen molar-refractivity contribution < 1.29 is 9.90 Å². The summed E-state index contributed by atoms with van der Waals surface area (Å²) in [4.78, 5) is 13.1. The van der Waals surface area contributed by atoms with Gasteiger partial charge in [-0.05, 0) is 42.7 Å². The number of aryl methyl sites for hydroxylation is 2. The molecule has 0 atom stereocenters. The van der Waals surface area contributed by atoms with Crippen molar-refractivity contribution in [3.63, 3.8) is 0 Å². The second-order valence-corrected chi connectivity index (χ2v) is 5.62. The van der Waals surface area contributed by atoms with Gasteiger partial charge in [0.1, 0.15) is 0 Å². The first-order chi connectivity index (χ1) is 11.0. The molecular formula is C19H20N2O2. The number of aliphatic carboxylic acids is 1. The van der Waals surface area contributed by atoms with E-state index in [4.69, 9.17) is 10.4 Å². The zero-order valence-corrected chi connectivity index (χ0v) is 13.4. The molecule has 0 fully saturated rings. The van der Waals surface area contributed by atoms with E-state index < -0.39 is 5.97 Å². The van der Waals surface area contributed by atoms with Crippen molar-refractivity contribution >= 4 is 11.7 Å². The Hall–Kier alpha value is -2.80. The van der Waals surface area contributed by atoms with Crippen molar-refractivity contribution in [2.24, 2.45) is 0 Å². The summed E-state index contributed by atoms with van der Waals surface area (Å²) in [6.07, 6.45) is 0.0751. The average Bonchev–Trinajstić information content (AvgIpc) is 2.52. The molecule has 0 saturated heterocycles. The molecule has 0 bridgehead atoms. The van der Waals surface area contributed by atoms with Crippen LogP contribution in [0.4, 0.5) is 5.69 Å². The molecule has 118 valence electrons. The number of carboxylic acid groups (broad SMARTS) is 1. The lowest BCUT2D eigenvalue weighted by Crippen LogP contribution is -2.27. The van der Waals surface area contributed by atoms with E-state index in [1.165, 1.54) is 0 Å². The highest BCUT2D eigenvalue weighted by atomic mass is 16.4. The molecule has 0 saturated carbocycles. The molecule has 2 rings (SSSR count). The minimum absolute atomic E-state index is 0.0751. The molecular weight excluding hydrogens is 288 g/mol. The van der Waals surface area contributed by atoms with Crippen molar-refractivity contribution in [1.29, 1.82) is 5.26 Å². The molecule has 4 nitrogen and oxygen atoms in total. The molecule has 0 amide bonds. The third kappa shape index (κ3) is 4.33. The van der Waals surface area contributed by atoms with Crippen LogP contribution < -0.4 is 4.90 Å². The summed E-state index contributed by atoms with van der Waals surface area (Å²) in [7, 11) is 0. The van der Waals surface area contributed by atoms with E-state index in [2.05, 4.69) is 11.0 Å². The van der Waals surface area contributed by atoms with Gasteiger partial charge >= 0.3 is 5.97 Å². The largest absolute Gasteiger partial charge is 0.481 e.